The summed E-state index contributed by atoms with van der Waals surface area (Å²) in [6.45, 7) is 2.02. The first-order chi connectivity index (χ1) is 3.87. The van der Waals surface area contributed by atoms with E-state index in [2.05, 4.69) is 11.4 Å². The summed E-state index contributed by atoms with van der Waals surface area (Å²) in [4.78, 5) is 0. The fourth-order valence-electron chi connectivity index (χ4n) is 1.51. The van der Waals surface area contributed by atoms with Gasteiger partial charge in [0.1, 0.15) is 0 Å². The first-order valence-electron chi connectivity index (χ1n) is 2.99. The number of piperidine rings is 1. The van der Waals surface area contributed by atoms with E-state index in [9.17, 15) is 0 Å². The van der Waals surface area contributed by atoms with E-state index in [1.807, 2.05) is 0 Å². The SMILES string of the molecule is N#C[C@]12CNC[C@H]1C2. The van der Waals surface area contributed by atoms with Crippen LogP contribution in [0.3, 0.4) is 0 Å². The molecule has 2 aliphatic rings. The highest BCUT2D eigenvalue weighted by Crippen LogP contribution is 2.54. The second-order valence-corrected chi connectivity index (χ2v) is 2.80. The lowest BCUT2D eigenvalue weighted by Gasteiger charge is -1.94. The maximum absolute atomic E-state index is 8.58. The lowest BCUT2D eigenvalue weighted by atomic mass is 10.1. The molecule has 0 aromatic heterocycles. The Morgan fingerprint density at radius 2 is 2.62 bits per heavy atom. The number of nitrogens with one attached hydrogen (secondary N) is 1. The van der Waals surface area contributed by atoms with Crippen LogP contribution in [0.4, 0.5) is 0 Å². The van der Waals surface area contributed by atoms with Crippen LogP contribution in [-0.2, 0) is 0 Å². The second kappa shape index (κ2) is 1.06. The predicted molar refractivity (Wildman–Crippen MR) is 29.0 cm³/mol. The average Bonchev–Trinajstić information content (AvgIpc) is 2.38. The summed E-state index contributed by atoms with van der Waals surface area (Å²) in [5.41, 5.74) is 0.0972. The van der Waals surface area contributed by atoms with E-state index in [0.29, 0.717) is 5.92 Å². The van der Waals surface area contributed by atoms with Crippen LogP contribution in [0.2, 0.25) is 0 Å². The highest BCUT2D eigenvalue weighted by Gasteiger charge is 2.57. The number of hydrogen-bond donors (Lipinski definition) is 1. The van der Waals surface area contributed by atoms with Crippen molar-refractivity contribution in [1.29, 1.82) is 5.26 Å². The summed E-state index contributed by atoms with van der Waals surface area (Å²) in [5, 5.41) is 11.8. The van der Waals surface area contributed by atoms with Gasteiger partial charge >= 0.3 is 0 Å². The van der Waals surface area contributed by atoms with Crippen molar-refractivity contribution in [1.82, 2.24) is 5.32 Å². The summed E-state index contributed by atoms with van der Waals surface area (Å²) >= 11 is 0. The number of hydrogen-bond acceptors (Lipinski definition) is 2. The van der Waals surface area contributed by atoms with Crippen LogP contribution in [0.1, 0.15) is 6.42 Å². The topological polar surface area (TPSA) is 35.8 Å². The van der Waals surface area contributed by atoms with Gasteiger partial charge in [-0.25, -0.2) is 0 Å². The first-order valence-corrected chi connectivity index (χ1v) is 2.99. The Morgan fingerprint density at radius 1 is 1.75 bits per heavy atom. The molecule has 2 fully saturated rings. The van der Waals surface area contributed by atoms with Gasteiger partial charge in [0, 0.05) is 6.54 Å². The lowest BCUT2D eigenvalue weighted by Crippen LogP contribution is -2.14. The Balaban J connectivity index is 2.22. The molecule has 1 saturated carbocycles. The van der Waals surface area contributed by atoms with Crippen molar-refractivity contribution in [3.63, 3.8) is 0 Å². The summed E-state index contributed by atoms with van der Waals surface area (Å²) in [5.74, 6) is 0.701. The summed E-state index contributed by atoms with van der Waals surface area (Å²) in [6, 6.07) is 2.35. The van der Waals surface area contributed by atoms with Crippen molar-refractivity contribution in [2.75, 3.05) is 13.1 Å². The number of nitrogens with zero attached hydrogens (tertiary/aromatic N) is 1. The van der Waals surface area contributed by atoms with E-state index in [1.165, 1.54) is 0 Å². The van der Waals surface area contributed by atoms with Crippen LogP contribution in [0.25, 0.3) is 0 Å². The molecule has 8 heavy (non-hydrogen) atoms. The Bertz CT molecular complexity index is 158. The van der Waals surface area contributed by atoms with Crippen LogP contribution in [0.5, 0.6) is 0 Å². The van der Waals surface area contributed by atoms with Gasteiger partial charge in [-0.2, -0.15) is 5.26 Å². The molecule has 0 bridgehead atoms. The Hall–Kier alpha value is -0.550. The molecular formula is C6H8N2. The Labute approximate surface area is 48.5 Å². The van der Waals surface area contributed by atoms with E-state index < -0.39 is 0 Å². The van der Waals surface area contributed by atoms with Crippen LogP contribution in [0.15, 0.2) is 0 Å². The zero-order valence-corrected chi connectivity index (χ0v) is 4.65. The molecule has 1 aliphatic carbocycles. The van der Waals surface area contributed by atoms with E-state index in [0.717, 1.165) is 19.5 Å². The molecule has 2 nitrogen and oxygen atoms in total. The molecule has 1 saturated heterocycles. The standard InChI is InChI=1S/C6H8N2/c7-3-6-1-5(6)2-8-4-6/h5,8H,1-2,4H2/t5-,6-/m1/s1. The molecular weight excluding hydrogens is 100 g/mol. The summed E-state index contributed by atoms with van der Waals surface area (Å²) < 4.78 is 0. The molecule has 0 spiro atoms. The first kappa shape index (κ1) is 4.34. The zero-order valence-electron chi connectivity index (χ0n) is 4.65. The highest BCUT2D eigenvalue weighted by atomic mass is 15.0. The van der Waals surface area contributed by atoms with Crippen molar-refractivity contribution in [3.05, 3.63) is 0 Å². The van der Waals surface area contributed by atoms with Gasteiger partial charge in [0.25, 0.3) is 0 Å². The highest BCUT2D eigenvalue weighted by molar-refractivity contribution is 5.20. The van der Waals surface area contributed by atoms with Crippen molar-refractivity contribution in [3.8, 4) is 6.07 Å². The van der Waals surface area contributed by atoms with Gasteiger partial charge in [-0.05, 0) is 18.9 Å². The van der Waals surface area contributed by atoms with E-state index >= 15 is 0 Å². The normalized spacial score (nSPS) is 50.1. The average molecular weight is 108 g/mol. The third-order valence-corrected chi connectivity index (χ3v) is 2.29. The molecule has 2 rings (SSSR count). The van der Waals surface area contributed by atoms with Crippen LogP contribution < -0.4 is 5.32 Å². The molecule has 0 aromatic rings. The second-order valence-electron chi connectivity index (χ2n) is 2.80. The fraction of sp³-hybridized carbons (Fsp3) is 0.833. The smallest absolute Gasteiger partial charge is 0.0742 e. The molecule has 42 valence electrons. The van der Waals surface area contributed by atoms with Gasteiger partial charge in [-0.3, -0.25) is 0 Å². The van der Waals surface area contributed by atoms with Gasteiger partial charge in [0.15, 0.2) is 0 Å². The van der Waals surface area contributed by atoms with Gasteiger partial charge in [-0.1, -0.05) is 0 Å². The van der Waals surface area contributed by atoms with E-state index in [4.69, 9.17) is 5.26 Å². The van der Waals surface area contributed by atoms with Crippen molar-refractivity contribution < 1.29 is 0 Å². The lowest BCUT2D eigenvalue weighted by molar-refractivity contribution is 0.658. The van der Waals surface area contributed by atoms with Gasteiger partial charge < -0.3 is 5.32 Å². The van der Waals surface area contributed by atoms with Crippen LogP contribution in [-0.4, -0.2) is 13.1 Å². The molecule has 0 amide bonds. The third kappa shape index (κ3) is 0.317. The van der Waals surface area contributed by atoms with Gasteiger partial charge in [0.2, 0.25) is 0 Å². The molecule has 0 radical (unpaired) electrons. The molecule has 0 unspecified atom stereocenters. The minimum atomic E-state index is 0.0972. The number of nitriles is 1. The van der Waals surface area contributed by atoms with Crippen LogP contribution in [0, 0.1) is 22.7 Å². The largest absolute Gasteiger partial charge is 0.315 e. The molecule has 1 heterocycles. The Kier molecular flexibility index (Phi) is 0.575. The van der Waals surface area contributed by atoms with Gasteiger partial charge in [-0.15, -0.1) is 0 Å². The van der Waals surface area contributed by atoms with Crippen molar-refractivity contribution in [2.24, 2.45) is 11.3 Å². The monoisotopic (exact) mass is 108 g/mol. The van der Waals surface area contributed by atoms with Crippen molar-refractivity contribution in [2.45, 2.75) is 6.42 Å². The molecule has 2 atom stereocenters. The predicted octanol–water partition coefficient (Wildman–Crippen LogP) is 0.119. The van der Waals surface area contributed by atoms with Crippen LogP contribution >= 0.6 is 0 Å². The molecule has 2 heteroatoms. The minimum absolute atomic E-state index is 0.0972. The molecule has 0 aromatic carbocycles. The van der Waals surface area contributed by atoms with Crippen molar-refractivity contribution >= 4 is 0 Å². The van der Waals surface area contributed by atoms with Gasteiger partial charge in [0.05, 0.1) is 11.5 Å². The third-order valence-electron chi connectivity index (χ3n) is 2.29. The molecule has 1 aliphatic heterocycles. The Morgan fingerprint density at radius 3 is 2.88 bits per heavy atom. The fourth-order valence-corrected chi connectivity index (χ4v) is 1.51. The maximum atomic E-state index is 8.58. The number of fused-ring (bicyclic) bond motifs is 1. The molecule has 1 N–H and O–H groups in total. The minimum Gasteiger partial charge on any atom is -0.315 e. The van der Waals surface area contributed by atoms with E-state index in [1.54, 1.807) is 0 Å². The van der Waals surface area contributed by atoms with E-state index in [-0.39, 0.29) is 5.41 Å². The quantitative estimate of drug-likeness (QED) is 0.478. The summed E-state index contributed by atoms with van der Waals surface area (Å²) in [6.07, 6.45) is 1.15. The maximum Gasteiger partial charge on any atom is 0.0742 e. The zero-order chi connectivity index (χ0) is 5.61. The number of rotatable bonds is 0. The summed E-state index contributed by atoms with van der Waals surface area (Å²) in [7, 11) is 0.